The van der Waals surface area contributed by atoms with Crippen molar-refractivity contribution in [2.45, 2.75) is 51.7 Å². The second kappa shape index (κ2) is 6.87. The average Bonchev–Trinajstić information content (AvgIpc) is 2.64. The van der Waals surface area contributed by atoms with Crippen LogP contribution in [0.4, 0.5) is 0 Å². The average molecular weight is 209 g/mol. The van der Waals surface area contributed by atoms with E-state index in [1.165, 1.54) is 12.8 Å². The molecule has 2 nitrogen and oxygen atoms in total. The predicted octanol–water partition coefficient (Wildman–Crippen LogP) is 2.19. The Balaban J connectivity index is 2.38. The third kappa shape index (κ3) is 3.85. The first kappa shape index (κ1) is 12.5. The van der Waals surface area contributed by atoms with Crippen molar-refractivity contribution >= 4 is 0 Å². The Bertz CT molecular complexity index is 209. The van der Waals surface area contributed by atoms with Crippen LogP contribution in [0.15, 0.2) is 0 Å². The molecule has 1 aliphatic rings. The van der Waals surface area contributed by atoms with Gasteiger partial charge in [0.2, 0.25) is 0 Å². The van der Waals surface area contributed by atoms with Gasteiger partial charge in [0.1, 0.15) is 0 Å². The van der Waals surface area contributed by atoms with Gasteiger partial charge in [0, 0.05) is 25.0 Å². The summed E-state index contributed by atoms with van der Waals surface area (Å²) in [6, 6.07) is 0.584. The molecular weight excluding hydrogens is 186 g/mol. The summed E-state index contributed by atoms with van der Waals surface area (Å²) < 4.78 is 5.62. The molecule has 0 radical (unpaired) electrons. The van der Waals surface area contributed by atoms with Gasteiger partial charge in [-0.1, -0.05) is 6.92 Å². The second-order valence-corrected chi connectivity index (χ2v) is 4.29. The van der Waals surface area contributed by atoms with Crippen molar-refractivity contribution in [3.05, 3.63) is 0 Å². The standard InChI is InChI=1S/C13H23NO/c1-4-6-7-8-13(14-5-2)12-9-10-15-11(12)3/h1,11-14H,5-10H2,2-3H3. The van der Waals surface area contributed by atoms with E-state index in [4.69, 9.17) is 11.2 Å². The van der Waals surface area contributed by atoms with E-state index in [2.05, 4.69) is 25.1 Å². The minimum Gasteiger partial charge on any atom is -0.378 e. The summed E-state index contributed by atoms with van der Waals surface area (Å²) in [6.07, 6.45) is 10.1. The molecule has 0 bridgehead atoms. The number of hydrogen-bond donors (Lipinski definition) is 1. The highest BCUT2D eigenvalue weighted by atomic mass is 16.5. The molecule has 0 aliphatic carbocycles. The van der Waals surface area contributed by atoms with Gasteiger partial charge in [-0.2, -0.15) is 0 Å². The molecule has 15 heavy (non-hydrogen) atoms. The lowest BCUT2D eigenvalue weighted by atomic mass is 9.90. The summed E-state index contributed by atoms with van der Waals surface area (Å²) in [4.78, 5) is 0. The van der Waals surface area contributed by atoms with Crippen LogP contribution in [0.1, 0.15) is 39.5 Å². The maximum Gasteiger partial charge on any atom is 0.0590 e. The molecule has 1 aliphatic heterocycles. The molecule has 1 saturated heterocycles. The van der Waals surface area contributed by atoms with E-state index in [1.807, 2.05) is 0 Å². The van der Waals surface area contributed by atoms with Gasteiger partial charge in [-0.3, -0.25) is 0 Å². The monoisotopic (exact) mass is 209 g/mol. The fourth-order valence-electron chi connectivity index (χ4n) is 2.43. The smallest absolute Gasteiger partial charge is 0.0590 e. The van der Waals surface area contributed by atoms with Crippen molar-refractivity contribution < 1.29 is 4.74 Å². The summed E-state index contributed by atoms with van der Waals surface area (Å²) in [5, 5.41) is 3.57. The van der Waals surface area contributed by atoms with Gasteiger partial charge < -0.3 is 10.1 Å². The number of ether oxygens (including phenoxy) is 1. The van der Waals surface area contributed by atoms with E-state index in [1.54, 1.807) is 0 Å². The predicted molar refractivity (Wildman–Crippen MR) is 63.7 cm³/mol. The zero-order valence-electron chi connectivity index (χ0n) is 9.96. The SMILES string of the molecule is C#CCCCC(NCC)C1CCOC1C. The molecule has 0 spiro atoms. The number of terminal acetylenes is 1. The van der Waals surface area contributed by atoms with E-state index < -0.39 is 0 Å². The molecule has 86 valence electrons. The third-order valence-electron chi connectivity index (χ3n) is 3.25. The van der Waals surface area contributed by atoms with Crippen molar-refractivity contribution in [1.82, 2.24) is 5.32 Å². The summed E-state index contributed by atoms with van der Waals surface area (Å²) in [7, 11) is 0. The van der Waals surface area contributed by atoms with Gasteiger partial charge in [-0.25, -0.2) is 0 Å². The summed E-state index contributed by atoms with van der Waals surface area (Å²) in [5.41, 5.74) is 0. The Morgan fingerprint density at radius 1 is 1.60 bits per heavy atom. The van der Waals surface area contributed by atoms with Crippen LogP contribution in [-0.2, 0) is 4.74 Å². The highest BCUT2D eigenvalue weighted by Crippen LogP contribution is 2.26. The second-order valence-electron chi connectivity index (χ2n) is 4.29. The Labute approximate surface area is 93.8 Å². The maximum absolute atomic E-state index is 5.62. The van der Waals surface area contributed by atoms with E-state index in [9.17, 15) is 0 Å². The molecule has 1 fully saturated rings. The van der Waals surface area contributed by atoms with Crippen LogP contribution in [0.2, 0.25) is 0 Å². The van der Waals surface area contributed by atoms with Crippen LogP contribution in [0, 0.1) is 18.3 Å². The summed E-state index contributed by atoms with van der Waals surface area (Å²) >= 11 is 0. The summed E-state index contributed by atoms with van der Waals surface area (Å²) in [6.45, 7) is 6.30. The molecule has 0 saturated carbocycles. The molecule has 0 aromatic heterocycles. The van der Waals surface area contributed by atoms with Gasteiger partial charge in [0.15, 0.2) is 0 Å². The zero-order valence-corrected chi connectivity index (χ0v) is 9.96. The molecule has 0 amide bonds. The van der Waals surface area contributed by atoms with Crippen molar-refractivity contribution in [2.24, 2.45) is 5.92 Å². The van der Waals surface area contributed by atoms with Crippen molar-refractivity contribution in [2.75, 3.05) is 13.2 Å². The number of unbranched alkanes of at least 4 members (excludes halogenated alkanes) is 1. The first-order valence-electron chi connectivity index (χ1n) is 6.08. The minimum atomic E-state index is 0.403. The van der Waals surface area contributed by atoms with Crippen LogP contribution in [0.25, 0.3) is 0 Å². The first-order valence-corrected chi connectivity index (χ1v) is 6.08. The highest BCUT2D eigenvalue weighted by molar-refractivity contribution is 4.87. The molecule has 0 aromatic carbocycles. The van der Waals surface area contributed by atoms with Crippen LogP contribution in [-0.4, -0.2) is 25.3 Å². The van der Waals surface area contributed by atoms with E-state index in [0.717, 1.165) is 26.0 Å². The number of hydrogen-bond acceptors (Lipinski definition) is 2. The lowest BCUT2D eigenvalue weighted by Crippen LogP contribution is -2.39. The molecule has 1 rings (SSSR count). The molecule has 1 N–H and O–H groups in total. The van der Waals surface area contributed by atoms with Crippen molar-refractivity contribution in [1.29, 1.82) is 0 Å². The van der Waals surface area contributed by atoms with Crippen LogP contribution in [0.3, 0.4) is 0 Å². The first-order chi connectivity index (χ1) is 7.29. The van der Waals surface area contributed by atoms with Crippen LogP contribution >= 0.6 is 0 Å². The molecule has 0 aromatic rings. The maximum atomic E-state index is 5.62. The Morgan fingerprint density at radius 3 is 2.93 bits per heavy atom. The molecule has 3 unspecified atom stereocenters. The van der Waals surface area contributed by atoms with E-state index in [0.29, 0.717) is 18.1 Å². The third-order valence-corrected chi connectivity index (χ3v) is 3.25. The fourth-order valence-corrected chi connectivity index (χ4v) is 2.43. The zero-order chi connectivity index (χ0) is 11.1. The quantitative estimate of drug-likeness (QED) is 0.535. The van der Waals surface area contributed by atoms with E-state index >= 15 is 0 Å². The van der Waals surface area contributed by atoms with Gasteiger partial charge in [-0.15, -0.1) is 12.3 Å². The van der Waals surface area contributed by atoms with Crippen molar-refractivity contribution in [3.63, 3.8) is 0 Å². The Morgan fingerprint density at radius 2 is 2.40 bits per heavy atom. The lowest BCUT2D eigenvalue weighted by molar-refractivity contribution is 0.0943. The topological polar surface area (TPSA) is 21.3 Å². The largest absolute Gasteiger partial charge is 0.378 e. The van der Waals surface area contributed by atoms with Gasteiger partial charge >= 0.3 is 0 Å². The molecule has 3 atom stereocenters. The molecular formula is C13H23NO. The van der Waals surface area contributed by atoms with Gasteiger partial charge in [0.05, 0.1) is 6.10 Å². The Kier molecular flexibility index (Phi) is 5.75. The molecule has 2 heteroatoms. The normalized spacial score (nSPS) is 27.5. The van der Waals surface area contributed by atoms with E-state index in [-0.39, 0.29) is 0 Å². The van der Waals surface area contributed by atoms with Gasteiger partial charge in [0.25, 0.3) is 0 Å². The molecule has 1 heterocycles. The Hall–Kier alpha value is -0.520. The van der Waals surface area contributed by atoms with Crippen molar-refractivity contribution in [3.8, 4) is 12.3 Å². The number of nitrogens with one attached hydrogen (secondary N) is 1. The summed E-state index contributed by atoms with van der Waals surface area (Å²) in [5.74, 6) is 3.38. The minimum absolute atomic E-state index is 0.403. The van der Waals surface area contributed by atoms with Gasteiger partial charge in [-0.05, 0) is 32.7 Å². The lowest BCUT2D eigenvalue weighted by Gasteiger charge is -2.26. The fraction of sp³-hybridized carbons (Fsp3) is 0.846. The number of rotatable bonds is 6. The highest BCUT2D eigenvalue weighted by Gasteiger charge is 2.30. The van der Waals surface area contributed by atoms with Crippen LogP contribution < -0.4 is 5.32 Å². The van der Waals surface area contributed by atoms with Crippen LogP contribution in [0.5, 0.6) is 0 Å².